The highest BCUT2D eigenvalue weighted by molar-refractivity contribution is 5.69. The lowest BCUT2D eigenvalue weighted by atomic mass is 10.0. The molecule has 0 rings (SSSR count). The van der Waals surface area contributed by atoms with Crippen molar-refractivity contribution in [3.63, 3.8) is 0 Å². The summed E-state index contributed by atoms with van der Waals surface area (Å²) in [4.78, 5) is 11.7. The van der Waals surface area contributed by atoms with Crippen LogP contribution >= 0.6 is 0 Å². The first-order valence-corrected chi connectivity index (χ1v) is 12.3. The van der Waals surface area contributed by atoms with Crippen LogP contribution in [0.15, 0.2) is 0 Å². The highest BCUT2D eigenvalue weighted by Crippen LogP contribution is 2.13. The molecule has 30 heavy (non-hydrogen) atoms. The Morgan fingerprint density at radius 1 is 0.667 bits per heavy atom. The smallest absolute Gasteiger partial charge is 0.305 e. The second-order valence-corrected chi connectivity index (χ2v) is 8.41. The molecule has 0 bridgehead atoms. The van der Waals surface area contributed by atoms with E-state index in [9.17, 15) is 9.90 Å². The van der Waals surface area contributed by atoms with Gasteiger partial charge in [0.25, 0.3) is 0 Å². The van der Waals surface area contributed by atoms with Gasteiger partial charge in [0, 0.05) is 6.42 Å². The molecule has 0 saturated carbocycles. The maximum absolute atomic E-state index is 11.7. The average molecular weight is 433 g/mol. The minimum atomic E-state index is -0.954. The Morgan fingerprint density at radius 3 is 1.57 bits per heavy atom. The van der Waals surface area contributed by atoms with E-state index in [1.54, 1.807) is 0 Å². The second kappa shape index (κ2) is 23.0. The van der Waals surface area contributed by atoms with Crippen molar-refractivity contribution >= 4 is 5.97 Å². The average Bonchev–Trinajstić information content (AvgIpc) is 2.74. The molecule has 0 amide bonds. The minimum absolute atomic E-state index is 0.0384. The molecule has 0 aliphatic rings. The molecule has 0 saturated heterocycles. The molecule has 0 fully saturated rings. The summed E-state index contributed by atoms with van der Waals surface area (Å²) in [6, 6.07) is 0. The SMILES string of the molecule is CCCCCCCCCCCCCCCCCC(=O)OCC(O)COCC(O)CO. The van der Waals surface area contributed by atoms with E-state index in [1.807, 2.05) is 0 Å². The fraction of sp³-hybridized carbons (Fsp3) is 0.958. The quantitative estimate of drug-likeness (QED) is 0.162. The van der Waals surface area contributed by atoms with E-state index in [4.69, 9.17) is 19.7 Å². The number of esters is 1. The molecule has 0 aliphatic carbocycles. The van der Waals surface area contributed by atoms with Crippen molar-refractivity contribution < 1.29 is 29.6 Å². The summed E-state index contributed by atoms with van der Waals surface area (Å²) in [7, 11) is 0. The van der Waals surface area contributed by atoms with Gasteiger partial charge >= 0.3 is 5.97 Å². The Kier molecular flexibility index (Phi) is 22.5. The van der Waals surface area contributed by atoms with Gasteiger partial charge in [-0.25, -0.2) is 0 Å². The van der Waals surface area contributed by atoms with Crippen molar-refractivity contribution in [3.05, 3.63) is 0 Å². The molecule has 0 radical (unpaired) electrons. The van der Waals surface area contributed by atoms with E-state index < -0.39 is 12.2 Å². The molecule has 6 nitrogen and oxygen atoms in total. The predicted molar refractivity (Wildman–Crippen MR) is 120 cm³/mol. The third kappa shape index (κ3) is 22.0. The van der Waals surface area contributed by atoms with Crippen LogP contribution in [-0.4, -0.2) is 59.9 Å². The van der Waals surface area contributed by atoms with Crippen LogP contribution in [0.1, 0.15) is 110 Å². The molecule has 0 aromatic heterocycles. The summed E-state index contributed by atoms with van der Waals surface area (Å²) >= 11 is 0. The third-order valence-corrected chi connectivity index (χ3v) is 5.25. The zero-order valence-corrected chi connectivity index (χ0v) is 19.4. The zero-order valence-electron chi connectivity index (χ0n) is 19.4. The van der Waals surface area contributed by atoms with Crippen LogP contribution in [0.25, 0.3) is 0 Å². The Morgan fingerprint density at radius 2 is 1.10 bits per heavy atom. The van der Waals surface area contributed by atoms with Gasteiger partial charge in [-0.3, -0.25) is 4.79 Å². The Hall–Kier alpha value is -0.690. The topological polar surface area (TPSA) is 96.2 Å². The van der Waals surface area contributed by atoms with Crippen molar-refractivity contribution in [2.45, 2.75) is 122 Å². The molecule has 0 aromatic carbocycles. The normalized spacial score (nSPS) is 13.3. The summed E-state index contributed by atoms with van der Waals surface area (Å²) < 4.78 is 10.0. The lowest BCUT2D eigenvalue weighted by Gasteiger charge is -2.13. The molecule has 180 valence electrons. The number of ether oxygens (including phenoxy) is 2. The Bertz CT molecular complexity index is 364. The number of aliphatic hydroxyl groups is 3. The van der Waals surface area contributed by atoms with Crippen LogP contribution in [-0.2, 0) is 14.3 Å². The number of hydrogen-bond donors (Lipinski definition) is 3. The van der Waals surface area contributed by atoms with E-state index in [1.165, 1.54) is 77.0 Å². The van der Waals surface area contributed by atoms with Crippen LogP contribution in [0.2, 0.25) is 0 Å². The number of hydrogen-bond acceptors (Lipinski definition) is 6. The van der Waals surface area contributed by atoms with Crippen LogP contribution in [0.3, 0.4) is 0 Å². The molecule has 3 N–H and O–H groups in total. The van der Waals surface area contributed by atoms with Crippen molar-refractivity contribution in [2.24, 2.45) is 0 Å². The van der Waals surface area contributed by atoms with Gasteiger partial charge in [0.2, 0.25) is 0 Å². The second-order valence-electron chi connectivity index (χ2n) is 8.41. The standard InChI is InChI=1S/C24H48O6/c1-2-3-4-5-6-7-8-9-10-11-12-13-14-15-16-17-24(28)30-21-23(27)20-29-19-22(26)18-25/h22-23,25-27H,2-21H2,1H3. The van der Waals surface area contributed by atoms with Gasteiger partial charge in [0.1, 0.15) is 18.8 Å². The molecule has 2 atom stereocenters. The molecule has 2 unspecified atom stereocenters. The van der Waals surface area contributed by atoms with Crippen molar-refractivity contribution in [3.8, 4) is 0 Å². The Balaban J connectivity index is 3.28. The van der Waals surface area contributed by atoms with Gasteiger partial charge in [-0.15, -0.1) is 0 Å². The molecule has 0 aliphatic heterocycles. The third-order valence-electron chi connectivity index (χ3n) is 5.25. The van der Waals surface area contributed by atoms with Gasteiger partial charge in [0.05, 0.1) is 19.8 Å². The van der Waals surface area contributed by atoms with E-state index in [2.05, 4.69) is 6.92 Å². The number of aliphatic hydroxyl groups excluding tert-OH is 3. The van der Waals surface area contributed by atoms with E-state index >= 15 is 0 Å². The fourth-order valence-corrected chi connectivity index (χ4v) is 3.34. The van der Waals surface area contributed by atoms with Gasteiger partial charge in [0.15, 0.2) is 0 Å². The van der Waals surface area contributed by atoms with Crippen LogP contribution in [0, 0.1) is 0 Å². The molecule has 0 aromatic rings. The maximum Gasteiger partial charge on any atom is 0.305 e. The molecule has 6 heteroatoms. The summed E-state index contributed by atoms with van der Waals surface area (Å²) in [5.41, 5.74) is 0. The van der Waals surface area contributed by atoms with E-state index in [0.29, 0.717) is 6.42 Å². The molecule has 0 heterocycles. The monoisotopic (exact) mass is 432 g/mol. The van der Waals surface area contributed by atoms with Crippen LogP contribution in [0.5, 0.6) is 0 Å². The highest BCUT2D eigenvalue weighted by atomic mass is 16.5. The molecular formula is C24H48O6. The first-order valence-electron chi connectivity index (χ1n) is 12.3. The van der Waals surface area contributed by atoms with Crippen molar-refractivity contribution in [1.29, 1.82) is 0 Å². The lowest BCUT2D eigenvalue weighted by Crippen LogP contribution is -2.27. The largest absolute Gasteiger partial charge is 0.463 e. The van der Waals surface area contributed by atoms with Gasteiger partial charge in [-0.2, -0.15) is 0 Å². The zero-order chi connectivity index (χ0) is 22.3. The number of carbonyl (C=O) groups excluding carboxylic acids is 1. The van der Waals surface area contributed by atoms with Crippen LogP contribution in [0.4, 0.5) is 0 Å². The van der Waals surface area contributed by atoms with E-state index in [0.717, 1.165) is 19.3 Å². The van der Waals surface area contributed by atoms with Crippen molar-refractivity contribution in [1.82, 2.24) is 0 Å². The summed E-state index contributed by atoms with van der Waals surface area (Å²) in [6.07, 6.45) is 17.8. The summed E-state index contributed by atoms with van der Waals surface area (Å²) in [5, 5.41) is 27.4. The van der Waals surface area contributed by atoms with E-state index in [-0.39, 0.29) is 32.4 Å². The number of carbonyl (C=O) groups is 1. The van der Waals surface area contributed by atoms with Gasteiger partial charge in [-0.05, 0) is 6.42 Å². The lowest BCUT2D eigenvalue weighted by molar-refractivity contribution is -0.148. The maximum atomic E-state index is 11.7. The fourth-order valence-electron chi connectivity index (χ4n) is 3.34. The number of rotatable bonds is 23. The van der Waals surface area contributed by atoms with Gasteiger partial charge in [-0.1, -0.05) is 96.8 Å². The van der Waals surface area contributed by atoms with Crippen molar-refractivity contribution in [2.75, 3.05) is 26.4 Å². The molecular weight excluding hydrogens is 384 g/mol. The van der Waals surface area contributed by atoms with Gasteiger partial charge < -0.3 is 24.8 Å². The predicted octanol–water partition coefficient (Wildman–Crippen LogP) is 4.52. The first kappa shape index (κ1) is 29.3. The highest BCUT2D eigenvalue weighted by Gasteiger charge is 2.10. The van der Waals surface area contributed by atoms with Crippen LogP contribution < -0.4 is 0 Å². The summed E-state index contributed by atoms with van der Waals surface area (Å²) in [5.74, 6) is -0.292. The molecule has 0 spiro atoms. The number of unbranched alkanes of at least 4 members (excludes halogenated alkanes) is 14. The summed E-state index contributed by atoms with van der Waals surface area (Å²) in [6.45, 7) is 1.68. The first-order chi connectivity index (χ1) is 14.6. The minimum Gasteiger partial charge on any atom is -0.463 e. The Labute approximate surface area is 184 Å².